The quantitative estimate of drug-likeness (QED) is 0.914. The summed E-state index contributed by atoms with van der Waals surface area (Å²) in [6.45, 7) is 4.22. The van der Waals surface area contributed by atoms with E-state index in [0.29, 0.717) is 23.2 Å². The number of aromatic nitrogens is 2. The normalized spacial score (nSPS) is 10.6. The maximum Gasteiger partial charge on any atom is 0.161 e. The van der Waals surface area contributed by atoms with Crippen molar-refractivity contribution in [2.45, 2.75) is 19.8 Å². The Morgan fingerprint density at radius 1 is 1.00 bits per heavy atom. The average molecular weight is 287 g/mol. The number of ether oxygens (including phenoxy) is 2. The van der Waals surface area contributed by atoms with Crippen LogP contribution in [0.2, 0.25) is 0 Å². The zero-order valence-corrected chi connectivity index (χ0v) is 13.1. The number of anilines is 1. The molecule has 0 bridgehead atoms. The van der Waals surface area contributed by atoms with Gasteiger partial charge in [-0.05, 0) is 24.1 Å². The lowest BCUT2D eigenvalue weighted by molar-refractivity contribution is 0.355. The maximum absolute atomic E-state index is 5.34. The van der Waals surface area contributed by atoms with E-state index in [-0.39, 0.29) is 0 Å². The number of hydrogen-bond acceptors (Lipinski definition) is 5. The summed E-state index contributed by atoms with van der Waals surface area (Å²) >= 11 is 0. The van der Waals surface area contributed by atoms with Gasteiger partial charge >= 0.3 is 0 Å². The molecular weight excluding hydrogens is 266 g/mol. The van der Waals surface area contributed by atoms with E-state index in [0.717, 1.165) is 17.1 Å². The van der Waals surface area contributed by atoms with Crippen LogP contribution in [0.3, 0.4) is 0 Å². The minimum atomic E-state index is 0.332. The van der Waals surface area contributed by atoms with E-state index < -0.39 is 0 Å². The third-order valence-corrected chi connectivity index (χ3v) is 3.24. The van der Waals surface area contributed by atoms with Crippen molar-refractivity contribution in [2.75, 3.05) is 26.6 Å². The Bertz CT molecular complexity index is 627. The highest BCUT2D eigenvalue weighted by Crippen LogP contribution is 2.31. The lowest BCUT2D eigenvalue weighted by Crippen LogP contribution is -2.02. The van der Waals surface area contributed by atoms with Crippen LogP contribution >= 0.6 is 0 Å². The number of hydrogen-bond donors (Lipinski definition) is 1. The van der Waals surface area contributed by atoms with Gasteiger partial charge in [0.2, 0.25) is 0 Å². The van der Waals surface area contributed by atoms with Crippen LogP contribution in [-0.4, -0.2) is 31.2 Å². The summed E-state index contributed by atoms with van der Waals surface area (Å²) in [6.07, 6.45) is 0. The molecule has 0 spiro atoms. The SMILES string of the molecule is CNc1cc(C(C)C)nc(-c2ccc(OC)c(OC)c2)n1. The fourth-order valence-corrected chi connectivity index (χ4v) is 1.99. The van der Waals surface area contributed by atoms with E-state index in [1.807, 2.05) is 31.3 Å². The Hall–Kier alpha value is -2.30. The van der Waals surface area contributed by atoms with E-state index in [1.54, 1.807) is 14.2 Å². The van der Waals surface area contributed by atoms with Crippen LogP contribution < -0.4 is 14.8 Å². The Morgan fingerprint density at radius 2 is 1.71 bits per heavy atom. The molecule has 5 heteroatoms. The van der Waals surface area contributed by atoms with Gasteiger partial charge in [-0.15, -0.1) is 0 Å². The van der Waals surface area contributed by atoms with Gasteiger partial charge in [0.1, 0.15) is 5.82 Å². The maximum atomic E-state index is 5.34. The van der Waals surface area contributed by atoms with Crippen LogP contribution in [0, 0.1) is 0 Å². The lowest BCUT2D eigenvalue weighted by atomic mass is 10.1. The summed E-state index contributed by atoms with van der Waals surface area (Å²) in [7, 11) is 5.09. The Labute approximate surface area is 125 Å². The molecule has 0 aliphatic heterocycles. The predicted molar refractivity (Wildman–Crippen MR) is 84.2 cm³/mol. The van der Waals surface area contributed by atoms with Gasteiger partial charge < -0.3 is 14.8 Å². The van der Waals surface area contributed by atoms with Crippen LogP contribution in [0.5, 0.6) is 11.5 Å². The van der Waals surface area contributed by atoms with Crippen LogP contribution in [-0.2, 0) is 0 Å². The zero-order valence-electron chi connectivity index (χ0n) is 13.1. The molecule has 112 valence electrons. The van der Waals surface area contributed by atoms with Crippen LogP contribution in [0.1, 0.15) is 25.5 Å². The molecule has 0 unspecified atom stereocenters. The molecule has 1 heterocycles. The molecule has 0 aliphatic carbocycles. The number of nitrogens with zero attached hydrogens (tertiary/aromatic N) is 2. The molecule has 0 amide bonds. The molecule has 0 radical (unpaired) electrons. The summed E-state index contributed by atoms with van der Waals surface area (Å²) in [5.41, 5.74) is 1.89. The van der Waals surface area contributed by atoms with Crippen molar-refractivity contribution in [3.05, 3.63) is 30.0 Å². The highest BCUT2D eigenvalue weighted by Gasteiger charge is 2.11. The van der Waals surface area contributed by atoms with Gasteiger partial charge in [-0.25, -0.2) is 9.97 Å². The van der Waals surface area contributed by atoms with E-state index in [1.165, 1.54) is 0 Å². The molecule has 1 aromatic heterocycles. The molecule has 1 N–H and O–H groups in total. The Balaban J connectivity index is 2.52. The first-order chi connectivity index (χ1) is 10.1. The number of benzene rings is 1. The average Bonchev–Trinajstić information content (AvgIpc) is 2.53. The van der Waals surface area contributed by atoms with Crippen molar-refractivity contribution in [1.29, 1.82) is 0 Å². The third-order valence-electron chi connectivity index (χ3n) is 3.24. The van der Waals surface area contributed by atoms with Gasteiger partial charge in [-0.1, -0.05) is 13.8 Å². The smallest absolute Gasteiger partial charge is 0.161 e. The largest absolute Gasteiger partial charge is 0.493 e. The summed E-state index contributed by atoms with van der Waals surface area (Å²) in [5.74, 6) is 3.17. The lowest BCUT2D eigenvalue weighted by Gasteiger charge is -2.12. The Kier molecular flexibility index (Phi) is 4.62. The monoisotopic (exact) mass is 287 g/mol. The predicted octanol–water partition coefficient (Wildman–Crippen LogP) is 3.33. The van der Waals surface area contributed by atoms with E-state index in [2.05, 4.69) is 29.1 Å². The minimum absolute atomic E-state index is 0.332. The van der Waals surface area contributed by atoms with Gasteiger partial charge in [-0.2, -0.15) is 0 Å². The second-order valence-corrected chi connectivity index (χ2v) is 4.98. The highest BCUT2D eigenvalue weighted by atomic mass is 16.5. The summed E-state index contributed by atoms with van der Waals surface area (Å²) in [4.78, 5) is 9.15. The zero-order chi connectivity index (χ0) is 15.4. The second kappa shape index (κ2) is 6.43. The summed E-state index contributed by atoms with van der Waals surface area (Å²) in [6, 6.07) is 7.64. The molecule has 5 nitrogen and oxygen atoms in total. The van der Waals surface area contributed by atoms with Crippen LogP contribution in [0.25, 0.3) is 11.4 Å². The Morgan fingerprint density at radius 3 is 2.29 bits per heavy atom. The molecule has 0 fully saturated rings. The number of methoxy groups -OCH3 is 2. The second-order valence-electron chi connectivity index (χ2n) is 4.98. The van der Waals surface area contributed by atoms with Gasteiger partial charge in [0.15, 0.2) is 17.3 Å². The topological polar surface area (TPSA) is 56.3 Å². The molecule has 0 saturated carbocycles. The molecule has 1 aromatic carbocycles. The first kappa shape index (κ1) is 15.1. The first-order valence-electron chi connectivity index (χ1n) is 6.88. The molecule has 0 atom stereocenters. The van der Waals surface area contributed by atoms with Crippen LogP contribution in [0.4, 0.5) is 5.82 Å². The minimum Gasteiger partial charge on any atom is -0.493 e. The molecular formula is C16H21N3O2. The summed E-state index contributed by atoms with van der Waals surface area (Å²) < 4.78 is 10.6. The van der Waals surface area contributed by atoms with Crippen molar-refractivity contribution < 1.29 is 9.47 Å². The van der Waals surface area contributed by atoms with Crippen molar-refractivity contribution in [3.8, 4) is 22.9 Å². The fourth-order valence-electron chi connectivity index (χ4n) is 1.99. The highest BCUT2D eigenvalue weighted by molar-refractivity contribution is 5.62. The third kappa shape index (κ3) is 3.24. The van der Waals surface area contributed by atoms with Gasteiger partial charge in [-0.3, -0.25) is 0 Å². The standard InChI is InChI=1S/C16H21N3O2/c1-10(2)12-9-15(17-3)19-16(18-12)11-6-7-13(20-4)14(8-11)21-5/h6-10H,1-5H3,(H,17,18,19). The van der Waals surface area contributed by atoms with E-state index >= 15 is 0 Å². The van der Waals surface area contributed by atoms with E-state index in [4.69, 9.17) is 9.47 Å². The fraction of sp³-hybridized carbons (Fsp3) is 0.375. The van der Waals surface area contributed by atoms with Crippen LogP contribution in [0.15, 0.2) is 24.3 Å². The molecule has 2 rings (SSSR count). The van der Waals surface area contributed by atoms with Gasteiger partial charge in [0.05, 0.1) is 14.2 Å². The van der Waals surface area contributed by atoms with Gasteiger partial charge in [0, 0.05) is 24.4 Å². The van der Waals surface area contributed by atoms with Crippen molar-refractivity contribution in [2.24, 2.45) is 0 Å². The van der Waals surface area contributed by atoms with Crippen molar-refractivity contribution in [1.82, 2.24) is 9.97 Å². The van der Waals surface area contributed by atoms with E-state index in [9.17, 15) is 0 Å². The van der Waals surface area contributed by atoms with Crippen molar-refractivity contribution in [3.63, 3.8) is 0 Å². The molecule has 21 heavy (non-hydrogen) atoms. The first-order valence-corrected chi connectivity index (χ1v) is 6.88. The van der Waals surface area contributed by atoms with Crippen molar-refractivity contribution >= 4 is 5.82 Å². The molecule has 0 saturated heterocycles. The number of rotatable bonds is 5. The summed E-state index contributed by atoms with van der Waals surface area (Å²) in [5, 5.41) is 3.08. The molecule has 2 aromatic rings. The van der Waals surface area contributed by atoms with Gasteiger partial charge in [0.25, 0.3) is 0 Å². The number of nitrogens with one attached hydrogen (secondary N) is 1. The molecule has 0 aliphatic rings.